The summed E-state index contributed by atoms with van der Waals surface area (Å²) in [6.45, 7) is 11.8. The molecule has 0 atom stereocenters. The van der Waals surface area contributed by atoms with Gasteiger partial charge < -0.3 is 9.64 Å². The van der Waals surface area contributed by atoms with Crippen molar-refractivity contribution >= 4 is 6.09 Å². The molecule has 0 unspecified atom stereocenters. The van der Waals surface area contributed by atoms with Crippen molar-refractivity contribution in [3.8, 4) is 0 Å². The van der Waals surface area contributed by atoms with Gasteiger partial charge in [-0.15, -0.1) is 0 Å². The quantitative estimate of drug-likeness (QED) is 0.704. The number of carbonyl (C=O) groups is 1. The second-order valence-electron chi connectivity index (χ2n) is 8.34. The highest BCUT2D eigenvalue weighted by Gasteiger charge is 2.42. The maximum absolute atomic E-state index is 12.3. The molecule has 23 heavy (non-hydrogen) atoms. The van der Waals surface area contributed by atoms with Crippen LogP contribution in [0, 0.1) is 13.8 Å². The normalized spacial score (nSPS) is 19.8. The summed E-state index contributed by atoms with van der Waals surface area (Å²) < 4.78 is 5.52. The molecule has 1 aliphatic carbocycles. The summed E-state index contributed by atoms with van der Waals surface area (Å²) in [6.07, 6.45) is 4.37. The number of ether oxygens (including phenoxy) is 1. The molecule has 1 aromatic carbocycles. The smallest absolute Gasteiger partial charge is 0.410 e. The molecule has 0 aromatic heterocycles. The van der Waals surface area contributed by atoms with Crippen LogP contribution in [0.1, 0.15) is 62.3 Å². The molecule has 1 saturated heterocycles. The average molecular weight is 315 g/mol. The van der Waals surface area contributed by atoms with E-state index in [9.17, 15) is 4.79 Å². The van der Waals surface area contributed by atoms with Crippen LogP contribution in [0.5, 0.6) is 0 Å². The second kappa shape index (κ2) is 5.54. The lowest BCUT2D eigenvalue weighted by atomic mass is 9.73. The van der Waals surface area contributed by atoms with E-state index < -0.39 is 5.60 Å². The van der Waals surface area contributed by atoms with Crippen molar-refractivity contribution in [1.29, 1.82) is 0 Å². The summed E-state index contributed by atoms with van der Waals surface area (Å²) in [5.41, 5.74) is 5.72. The Labute approximate surface area is 140 Å². The molecule has 126 valence electrons. The number of carbonyl (C=O) groups excluding carboxylic acids is 1. The minimum atomic E-state index is -0.416. The lowest BCUT2D eigenvalue weighted by molar-refractivity contribution is 0.0164. The zero-order valence-corrected chi connectivity index (χ0v) is 15.2. The minimum absolute atomic E-state index is 0.161. The lowest BCUT2D eigenvalue weighted by Gasteiger charge is -2.40. The third-order valence-corrected chi connectivity index (χ3v) is 5.54. The molecule has 1 amide bonds. The number of hydrogen-bond donors (Lipinski definition) is 0. The van der Waals surface area contributed by atoms with Crippen LogP contribution in [0.4, 0.5) is 4.79 Å². The monoisotopic (exact) mass is 315 g/mol. The van der Waals surface area contributed by atoms with Gasteiger partial charge in [0.2, 0.25) is 0 Å². The molecular formula is C20H29NO2. The number of fused-ring (bicyclic) bond motifs is 2. The second-order valence-corrected chi connectivity index (χ2v) is 8.34. The lowest BCUT2D eigenvalue weighted by Crippen LogP contribution is -2.46. The Hall–Kier alpha value is -1.51. The fourth-order valence-corrected chi connectivity index (χ4v) is 4.05. The van der Waals surface area contributed by atoms with Gasteiger partial charge in [-0.1, -0.05) is 12.1 Å². The van der Waals surface area contributed by atoms with Gasteiger partial charge in [-0.25, -0.2) is 4.79 Å². The van der Waals surface area contributed by atoms with Gasteiger partial charge in [0, 0.05) is 13.1 Å². The molecule has 3 rings (SSSR count). The number of hydrogen-bond acceptors (Lipinski definition) is 2. The number of rotatable bonds is 0. The molecule has 0 radical (unpaired) electrons. The molecule has 3 nitrogen and oxygen atoms in total. The molecule has 2 aliphatic rings. The summed E-state index contributed by atoms with van der Waals surface area (Å²) >= 11 is 0. The zero-order valence-electron chi connectivity index (χ0n) is 15.2. The molecule has 1 aromatic rings. The van der Waals surface area contributed by atoms with E-state index in [0.29, 0.717) is 0 Å². The van der Waals surface area contributed by atoms with Crippen LogP contribution in [-0.4, -0.2) is 29.7 Å². The van der Waals surface area contributed by atoms with Crippen LogP contribution >= 0.6 is 0 Å². The average Bonchev–Trinajstić information content (AvgIpc) is 2.77. The summed E-state index contributed by atoms with van der Waals surface area (Å²) in [6, 6.07) is 4.78. The Morgan fingerprint density at radius 1 is 1.09 bits per heavy atom. The van der Waals surface area contributed by atoms with Crippen molar-refractivity contribution < 1.29 is 9.53 Å². The van der Waals surface area contributed by atoms with Gasteiger partial charge in [0.05, 0.1) is 0 Å². The summed E-state index contributed by atoms with van der Waals surface area (Å²) in [4.78, 5) is 14.1. The van der Waals surface area contributed by atoms with Crippen LogP contribution in [0.3, 0.4) is 0 Å². The maximum Gasteiger partial charge on any atom is 0.410 e. The topological polar surface area (TPSA) is 29.5 Å². The van der Waals surface area contributed by atoms with E-state index in [4.69, 9.17) is 4.74 Å². The molecule has 1 heterocycles. The van der Waals surface area contributed by atoms with Crippen molar-refractivity contribution in [1.82, 2.24) is 4.90 Å². The SMILES string of the molecule is Cc1cc2c(cc1C)C1(CC2)CCN(C(=O)OC(C)(C)C)CC1. The van der Waals surface area contributed by atoms with Crippen LogP contribution in [-0.2, 0) is 16.6 Å². The van der Waals surface area contributed by atoms with E-state index in [2.05, 4.69) is 26.0 Å². The van der Waals surface area contributed by atoms with Crippen molar-refractivity contribution in [2.24, 2.45) is 0 Å². The highest BCUT2D eigenvalue weighted by molar-refractivity contribution is 5.68. The van der Waals surface area contributed by atoms with Gasteiger partial charge in [0.15, 0.2) is 0 Å². The standard InChI is InChI=1S/C20H29NO2/c1-14-12-16-6-7-20(17(16)13-15(14)2)8-10-21(11-9-20)18(22)23-19(3,4)5/h12-13H,6-11H2,1-5H3. The number of likely N-dealkylation sites (tertiary alicyclic amines) is 1. The number of amides is 1. The molecular weight excluding hydrogens is 286 g/mol. The zero-order chi connectivity index (χ0) is 16.8. The Bertz CT molecular complexity index is 619. The van der Waals surface area contributed by atoms with Crippen LogP contribution in [0.2, 0.25) is 0 Å². The van der Waals surface area contributed by atoms with Gasteiger partial charge >= 0.3 is 6.09 Å². The molecule has 0 saturated carbocycles. The largest absolute Gasteiger partial charge is 0.444 e. The van der Waals surface area contributed by atoms with Gasteiger partial charge in [0.1, 0.15) is 5.60 Å². The highest BCUT2D eigenvalue weighted by Crippen LogP contribution is 2.47. The van der Waals surface area contributed by atoms with Crippen molar-refractivity contribution in [2.45, 2.75) is 71.3 Å². The van der Waals surface area contributed by atoms with Gasteiger partial charge in [-0.05, 0) is 88.0 Å². The van der Waals surface area contributed by atoms with Gasteiger partial charge in [-0.3, -0.25) is 0 Å². The first kappa shape index (κ1) is 16.4. The van der Waals surface area contributed by atoms with E-state index in [1.54, 1.807) is 5.56 Å². The summed E-state index contributed by atoms with van der Waals surface area (Å²) in [5.74, 6) is 0. The number of benzene rings is 1. The third-order valence-electron chi connectivity index (χ3n) is 5.54. The minimum Gasteiger partial charge on any atom is -0.444 e. The summed E-state index contributed by atoms with van der Waals surface area (Å²) in [7, 11) is 0. The molecule has 1 fully saturated rings. The fraction of sp³-hybridized carbons (Fsp3) is 0.650. The first-order valence-corrected chi connectivity index (χ1v) is 8.79. The van der Waals surface area contributed by atoms with Gasteiger partial charge in [-0.2, -0.15) is 0 Å². The van der Waals surface area contributed by atoms with Crippen molar-refractivity contribution in [2.75, 3.05) is 13.1 Å². The van der Waals surface area contributed by atoms with Crippen molar-refractivity contribution in [3.63, 3.8) is 0 Å². The molecule has 1 spiro atoms. The number of aryl methyl sites for hydroxylation is 3. The highest BCUT2D eigenvalue weighted by atomic mass is 16.6. The Morgan fingerprint density at radius 2 is 1.70 bits per heavy atom. The van der Waals surface area contributed by atoms with E-state index >= 15 is 0 Å². The van der Waals surface area contributed by atoms with E-state index in [1.807, 2.05) is 25.7 Å². The van der Waals surface area contributed by atoms with Crippen molar-refractivity contribution in [3.05, 3.63) is 34.4 Å². The van der Waals surface area contributed by atoms with E-state index in [0.717, 1.165) is 25.9 Å². The van der Waals surface area contributed by atoms with E-state index in [1.165, 1.54) is 29.5 Å². The molecule has 3 heteroatoms. The Kier molecular flexibility index (Phi) is 3.94. The predicted molar refractivity (Wildman–Crippen MR) is 93.0 cm³/mol. The van der Waals surface area contributed by atoms with Crippen LogP contribution < -0.4 is 0 Å². The van der Waals surface area contributed by atoms with Crippen LogP contribution in [0.15, 0.2) is 12.1 Å². The van der Waals surface area contributed by atoms with Crippen LogP contribution in [0.25, 0.3) is 0 Å². The Balaban J connectivity index is 1.73. The van der Waals surface area contributed by atoms with E-state index in [-0.39, 0.29) is 11.5 Å². The number of nitrogens with zero attached hydrogens (tertiary/aromatic N) is 1. The van der Waals surface area contributed by atoms with Gasteiger partial charge in [0.25, 0.3) is 0 Å². The number of piperidine rings is 1. The molecule has 0 N–H and O–H groups in total. The fourth-order valence-electron chi connectivity index (χ4n) is 4.05. The third kappa shape index (κ3) is 3.11. The maximum atomic E-state index is 12.3. The Morgan fingerprint density at radius 3 is 2.30 bits per heavy atom. The molecule has 0 bridgehead atoms. The first-order valence-electron chi connectivity index (χ1n) is 8.79. The molecule has 1 aliphatic heterocycles. The summed E-state index contributed by atoms with van der Waals surface area (Å²) in [5, 5.41) is 0. The predicted octanol–water partition coefficient (Wildman–Crippen LogP) is 4.52. The first-order chi connectivity index (χ1) is 10.7.